The van der Waals surface area contributed by atoms with E-state index in [-0.39, 0.29) is 0 Å². The predicted molar refractivity (Wildman–Crippen MR) is 78.1 cm³/mol. The Kier molecular flexibility index (Phi) is 3.77. The van der Waals surface area contributed by atoms with Crippen molar-refractivity contribution in [1.82, 2.24) is 9.88 Å². The van der Waals surface area contributed by atoms with E-state index in [4.69, 9.17) is 10.5 Å². The van der Waals surface area contributed by atoms with Crippen LogP contribution in [0.1, 0.15) is 5.56 Å². The molecule has 0 amide bonds. The van der Waals surface area contributed by atoms with Gasteiger partial charge in [-0.15, -0.1) is 11.3 Å². The standard InChI is InChI=1S/C14H17N3OS/c15-14-16-13(10-19-14)12-3-1-11(2-4-12)9-17-5-7-18-8-6-17/h1-4,10H,5-9H2,(H2,15,16). The van der Waals surface area contributed by atoms with Gasteiger partial charge in [-0.25, -0.2) is 4.98 Å². The Balaban J connectivity index is 1.68. The van der Waals surface area contributed by atoms with Crippen LogP contribution in [0.3, 0.4) is 0 Å². The highest BCUT2D eigenvalue weighted by atomic mass is 32.1. The first-order valence-electron chi connectivity index (χ1n) is 6.42. The molecule has 4 nitrogen and oxygen atoms in total. The Labute approximate surface area is 116 Å². The first-order chi connectivity index (χ1) is 9.31. The fourth-order valence-electron chi connectivity index (χ4n) is 2.22. The topological polar surface area (TPSA) is 51.4 Å². The minimum atomic E-state index is 0.618. The van der Waals surface area contributed by atoms with Gasteiger partial charge >= 0.3 is 0 Å². The van der Waals surface area contributed by atoms with Crippen molar-refractivity contribution in [3.8, 4) is 11.3 Å². The Morgan fingerprint density at radius 3 is 2.58 bits per heavy atom. The van der Waals surface area contributed by atoms with Crippen molar-refractivity contribution in [2.45, 2.75) is 6.54 Å². The van der Waals surface area contributed by atoms with Crippen LogP contribution in [0.15, 0.2) is 29.6 Å². The van der Waals surface area contributed by atoms with Crippen LogP contribution in [0.2, 0.25) is 0 Å². The van der Waals surface area contributed by atoms with Crippen molar-refractivity contribution in [3.05, 3.63) is 35.2 Å². The highest BCUT2D eigenvalue weighted by molar-refractivity contribution is 7.13. The fraction of sp³-hybridized carbons (Fsp3) is 0.357. The SMILES string of the molecule is Nc1nc(-c2ccc(CN3CCOCC3)cc2)cs1. The van der Waals surface area contributed by atoms with Gasteiger partial charge in [0.25, 0.3) is 0 Å². The average Bonchev–Trinajstić information content (AvgIpc) is 2.87. The second-order valence-corrected chi connectivity index (χ2v) is 5.55. The lowest BCUT2D eigenvalue weighted by molar-refractivity contribution is 0.0342. The number of morpholine rings is 1. The second kappa shape index (κ2) is 5.69. The summed E-state index contributed by atoms with van der Waals surface area (Å²) in [5, 5.41) is 2.61. The van der Waals surface area contributed by atoms with Crippen molar-refractivity contribution in [3.63, 3.8) is 0 Å². The summed E-state index contributed by atoms with van der Waals surface area (Å²) in [6.45, 7) is 4.71. The molecule has 0 aliphatic carbocycles. The summed E-state index contributed by atoms with van der Waals surface area (Å²) in [5.74, 6) is 0. The van der Waals surface area contributed by atoms with Crippen LogP contribution in [0, 0.1) is 0 Å². The van der Waals surface area contributed by atoms with Gasteiger partial charge < -0.3 is 10.5 Å². The molecule has 100 valence electrons. The number of aromatic nitrogens is 1. The van der Waals surface area contributed by atoms with Gasteiger partial charge in [0.2, 0.25) is 0 Å². The molecule has 5 heteroatoms. The molecule has 0 bridgehead atoms. The number of hydrogen-bond acceptors (Lipinski definition) is 5. The third-order valence-electron chi connectivity index (χ3n) is 3.28. The van der Waals surface area contributed by atoms with Crippen molar-refractivity contribution in [2.24, 2.45) is 0 Å². The Bertz CT molecular complexity index is 532. The van der Waals surface area contributed by atoms with Crippen LogP contribution in [0.5, 0.6) is 0 Å². The minimum Gasteiger partial charge on any atom is -0.379 e. The summed E-state index contributed by atoms with van der Waals surface area (Å²) in [6, 6.07) is 8.56. The summed E-state index contributed by atoms with van der Waals surface area (Å²) in [6.07, 6.45) is 0. The molecular formula is C14H17N3OS. The predicted octanol–water partition coefficient (Wildman–Crippen LogP) is 2.22. The van der Waals surface area contributed by atoms with Crippen LogP contribution < -0.4 is 5.73 Å². The van der Waals surface area contributed by atoms with Gasteiger partial charge in [-0.3, -0.25) is 4.90 Å². The molecule has 2 aromatic rings. The van der Waals surface area contributed by atoms with Gasteiger partial charge in [0, 0.05) is 30.6 Å². The lowest BCUT2D eigenvalue weighted by atomic mass is 10.1. The first-order valence-corrected chi connectivity index (χ1v) is 7.29. The molecule has 0 saturated carbocycles. The van der Waals surface area contributed by atoms with E-state index in [1.807, 2.05) is 5.38 Å². The fourth-order valence-corrected chi connectivity index (χ4v) is 2.79. The second-order valence-electron chi connectivity index (χ2n) is 4.66. The maximum atomic E-state index is 5.66. The first kappa shape index (κ1) is 12.6. The highest BCUT2D eigenvalue weighted by Crippen LogP contribution is 2.23. The van der Waals surface area contributed by atoms with E-state index in [2.05, 4.69) is 34.1 Å². The molecular weight excluding hydrogens is 258 g/mol. The van der Waals surface area contributed by atoms with Gasteiger partial charge in [0.05, 0.1) is 18.9 Å². The van der Waals surface area contributed by atoms with Crippen LogP contribution >= 0.6 is 11.3 Å². The zero-order valence-electron chi connectivity index (χ0n) is 10.7. The quantitative estimate of drug-likeness (QED) is 0.933. The van der Waals surface area contributed by atoms with E-state index < -0.39 is 0 Å². The van der Waals surface area contributed by atoms with E-state index in [0.29, 0.717) is 5.13 Å². The smallest absolute Gasteiger partial charge is 0.180 e. The zero-order chi connectivity index (χ0) is 13.1. The summed E-state index contributed by atoms with van der Waals surface area (Å²) < 4.78 is 5.36. The van der Waals surface area contributed by atoms with E-state index in [1.165, 1.54) is 16.9 Å². The van der Waals surface area contributed by atoms with E-state index in [0.717, 1.165) is 44.1 Å². The third-order valence-corrected chi connectivity index (χ3v) is 3.96. The number of ether oxygens (including phenoxy) is 1. The number of thiazole rings is 1. The van der Waals surface area contributed by atoms with Crippen molar-refractivity contribution in [2.75, 3.05) is 32.0 Å². The molecule has 1 saturated heterocycles. The van der Waals surface area contributed by atoms with Gasteiger partial charge in [0.15, 0.2) is 5.13 Å². The largest absolute Gasteiger partial charge is 0.379 e. The monoisotopic (exact) mass is 275 g/mol. The molecule has 3 rings (SSSR count). The van der Waals surface area contributed by atoms with Crippen LogP contribution in [0.25, 0.3) is 11.3 Å². The molecule has 19 heavy (non-hydrogen) atoms. The minimum absolute atomic E-state index is 0.618. The van der Waals surface area contributed by atoms with Crippen LogP contribution in [0.4, 0.5) is 5.13 Å². The summed E-state index contributed by atoms with van der Waals surface area (Å²) >= 11 is 1.48. The molecule has 1 aromatic carbocycles. The third kappa shape index (κ3) is 3.12. The molecule has 0 atom stereocenters. The zero-order valence-corrected chi connectivity index (χ0v) is 11.5. The van der Waals surface area contributed by atoms with Gasteiger partial charge in [-0.1, -0.05) is 24.3 Å². The van der Waals surface area contributed by atoms with Gasteiger partial charge in [0.1, 0.15) is 0 Å². The number of anilines is 1. The lowest BCUT2D eigenvalue weighted by Crippen LogP contribution is -2.35. The summed E-state index contributed by atoms with van der Waals surface area (Å²) in [5.41, 5.74) is 9.07. The highest BCUT2D eigenvalue weighted by Gasteiger charge is 2.10. The average molecular weight is 275 g/mol. The number of nitrogens with two attached hydrogens (primary N) is 1. The van der Waals surface area contributed by atoms with E-state index in [1.54, 1.807) is 0 Å². The summed E-state index contributed by atoms with van der Waals surface area (Å²) in [4.78, 5) is 6.71. The number of nitrogens with zero attached hydrogens (tertiary/aromatic N) is 2. The Morgan fingerprint density at radius 1 is 1.21 bits per heavy atom. The Hall–Kier alpha value is -1.43. The number of hydrogen-bond donors (Lipinski definition) is 1. The van der Waals surface area contributed by atoms with Crippen molar-refractivity contribution in [1.29, 1.82) is 0 Å². The van der Waals surface area contributed by atoms with E-state index in [9.17, 15) is 0 Å². The molecule has 0 radical (unpaired) electrons. The maximum Gasteiger partial charge on any atom is 0.180 e. The molecule has 2 N–H and O–H groups in total. The number of benzene rings is 1. The van der Waals surface area contributed by atoms with E-state index >= 15 is 0 Å². The molecule has 0 spiro atoms. The molecule has 1 fully saturated rings. The van der Waals surface area contributed by atoms with Gasteiger partial charge in [-0.2, -0.15) is 0 Å². The Morgan fingerprint density at radius 2 is 1.95 bits per heavy atom. The molecule has 1 aliphatic rings. The summed E-state index contributed by atoms with van der Waals surface area (Å²) in [7, 11) is 0. The van der Waals surface area contributed by atoms with Gasteiger partial charge in [-0.05, 0) is 5.56 Å². The normalized spacial score (nSPS) is 16.6. The van der Waals surface area contributed by atoms with Crippen LogP contribution in [-0.2, 0) is 11.3 Å². The van der Waals surface area contributed by atoms with Crippen LogP contribution in [-0.4, -0.2) is 36.2 Å². The number of nitrogen functional groups attached to an aromatic ring is 1. The molecule has 2 heterocycles. The molecule has 1 aromatic heterocycles. The van der Waals surface area contributed by atoms with Crippen molar-refractivity contribution >= 4 is 16.5 Å². The molecule has 0 unspecified atom stereocenters. The lowest BCUT2D eigenvalue weighted by Gasteiger charge is -2.26. The number of rotatable bonds is 3. The molecule has 1 aliphatic heterocycles. The van der Waals surface area contributed by atoms with Crippen molar-refractivity contribution < 1.29 is 4.74 Å². The maximum absolute atomic E-state index is 5.66.